The minimum Gasteiger partial charge on any atom is -0.422 e. The van der Waals surface area contributed by atoms with E-state index in [1.807, 2.05) is 55.5 Å². The molecule has 0 aliphatic rings. The number of hydrogen-bond donors (Lipinski definition) is 1. The molecule has 3 rings (SSSR count). The number of nitriles is 1. The summed E-state index contributed by atoms with van der Waals surface area (Å²) in [7, 11) is 0. The molecule has 3 aromatic rings. The highest BCUT2D eigenvalue weighted by atomic mass is 16.5. The second-order valence-corrected chi connectivity index (χ2v) is 6.31. The predicted molar refractivity (Wildman–Crippen MR) is 111 cm³/mol. The Labute approximate surface area is 168 Å². The first-order chi connectivity index (χ1) is 14.0. The van der Waals surface area contributed by atoms with Crippen LogP contribution >= 0.6 is 0 Å². The average molecular weight is 382 g/mol. The predicted octanol–water partition coefficient (Wildman–Crippen LogP) is 4.76. The van der Waals surface area contributed by atoms with Gasteiger partial charge in [0.1, 0.15) is 17.4 Å². The zero-order valence-electron chi connectivity index (χ0n) is 15.8. The molecule has 29 heavy (non-hydrogen) atoms. The number of benzene rings is 3. The van der Waals surface area contributed by atoms with Crippen molar-refractivity contribution in [3.8, 4) is 11.8 Å². The highest BCUT2D eigenvalue weighted by Crippen LogP contribution is 2.17. The van der Waals surface area contributed by atoms with Crippen molar-refractivity contribution >= 4 is 23.6 Å². The Morgan fingerprint density at radius 3 is 2.21 bits per heavy atom. The van der Waals surface area contributed by atoms with E-state index in [0.29, 0.717) is 11.3 Å². The maximum Gasteiger partial charge on any atom is 0.354 e. The van der Waals surface area contributed by atoms with Crippen LogP contribution in [0.3, 0.4) is 0 Å². The molecule has 0 aliphatic heterocycles. The highest BCUT2D eigenvalue weighted by Gasteiger charge is 2.13. The van der Waals surface area contributed by atoms with E-state index in [1.165, 1.54) is 18.2 Å². The first-order valence-corrected chi connectivity index (χ1v) is 8.92. The monoisotopic (exact) mass is 382 g/mol. The molecule has 0 aliphatic carbocycles. The van der Waals surface area contributed by atoms with Crippen LogP contribution in [0.1, 0.15) is 21.5 Å². The number of amides is 1. The molecule has 142 valence electrons. The van der Waals surface area contributed by atoms with Crippen molar-refractivity contribution in [2.75, 3.05) is 5.32 Å². The van der Waals surface area contributed by atoms with Crippen molar-refractivity contribution in [3.63, 3.8) is 0 Å². The molecule has 0 saturated heterocycles. The van der Waals surface area contributed by atoms with Crippen molar-refractivity contribution in [2.24, 2.45) is 0 Å². The topological polar surface area (TPSA) is 79.2 Å². The summed E-state index contributed by atoms with van der Waals surface area (Å²) in [5.41, 5.74) is 2.83. The number of carbonyl (C=O) groups is 2. The Morgan fingerprint density at radius 1 is 0.931 bits per heavy atom. The summed E-state index contributed by atoms with van der Waals surface area (Å²) in [6.45, 7) is 1.97. The van der Waals surface area contributed by atoms with Crippen LogP contribution in [-0.2, 0) is 4.79 Å². The van der Waals surface area contributed by atoms with Crippen LogP contribution in [0.4, 0.5) is 5.69 Å². The molecular weight excluding hydrogens is 364 g/mol. The number of anilines is 1. The van der Waals surface area contributed by atoms with Gasteiger partial charge in [0.2, 0.25) is 0 Å². The molecule has 0 atom stereocenters. The van der Waals surface area contributed by atoms with Gasteiger partial charge in [-0.1, -0.05) is 48.0 Å². The van der Waals surface area contributed by atoms with Crippen LogP contribution in [0.2, 0.25) is 0 Å². The van der Waals surface area contributed by atoms with E-state index < -0.39 is 5.97 Å². The zero-order chi connectivity index (χ0) is 20.6. The number of rotatable bonds is 5. The van der Waals surface area contributed by atoms with Crippen molar-refractivity contribution < 1.29 is 14.3 Å². The zero-order valence-corrected chi connectivity index (χ0v) is 15.8. The summed E-state index contributed by atoms with van der Waals surface area (Å²) in [4.78, 5) is 24.6. The molecule has 0 unspecified atom stereocenters. The largest absolute Gasteiger partial charge is 0.422 e. The lowest BCUT2D eigenvalue weighted by Gasteiger charge is -2.07. The van der Waals surface area contributed by atoms with E-state index in [2.05, 4.69) is 5.32 Å². The molecule has 5 heteroatoms. The molecule has 0 saturated carbocycles. The first-order valence-electron chi connectivity index (χ1n) is 8.92. The van der Waals surface area contributed by atoms with Crippen LogP contribution in [0.25, 0.3) is 6.08 Å². The van der Waals surface area contributed by atoms with Gasteiger partial charge in [-0.2, -0.15) is 5.26 Å². The van der Waals surface area contributed by atoms with Gasteiger partial charge >= 0.3 is 5.97 Å². The summed E-state index contributed by atoms with van der Waals surface area (Å²) < 4.78 is 5.24. The lowest BCUT2D eigenvalue weighted by atomic mass is 10.1. The Hall–Kier alpha value is -4.17. The SMILES string of the molecule is Cc1ccc(NC(=O)c2ccc(OC(=O)/C(C#N)=C/c3ccccc3)cc2)cc1. The molecule has 0 aromatic heterocycles. The molecule has 5 nitrogen and oxygen atoms in total. The van der Waals surface area contributed by atoms with Crippen molar-refractivity contribution in [2.45, 2.75) is 6.92 Å². The minimum atomic E-state index is -0.756. The Kier molecular flexibility index (Phi) is 6.18. The highest BCUT2D eigenvalue weighted by molar-refractivity contribution is 6.04. The fourth-order valence-corrected chi connectivity index (χ4v) is 2.53. The molecule has 0 heterocycles. The second kappa shape index (κ2) is 9.16. The summed E-state index contributed by atoms with van der Waals surface area (Å²) in [6.07, 6.45) is 1.46. The minimum absolute atomic E-state index is 0.114. The fourth-order valence-electron chi connectivity index (χ4n) is 2.53. The fraction of sp³-hybridized carbons (Fsp3) is 0.0417. The standard InChI is InChI=1S/C24H18N2O3/c1-17-7-11-21(12-8-17)26-23(27)19-9-13-22(14-10-19)29-24(28)20(16-25)15-18-5-3-2-4-6-18/h2-15H,1H3,(H,26,27)/b20-15+. The Morgan fingerprint density at radius 2 is 1.59 bits per heavy atom. The van der Waals surface area contributed by atoms with Gasteiger partial charge in [0, 0.05) is 11.3 Å². The molecule has 0 bridgehead atoms. The number of carbonyl (C=O) groups excluding carboxylic acids is 2. The normalized spacial score (nSPS) is 10.7. The van der Waals surface area contributed by atoms with E-state index in [9.17, 15) is 14.9 Å². The van der Waals surface area contributed by atoms with Gasteiger partial charge in [0.05, 0.1) is 0 Å². The van der Waals surface area contributed by atoms with Gasteiger partial charge in [-0.3, -0.25) is 4.79 Å². The van der Waals surface area contributed by atoms with Crippen molar-refractivity contribution in [3.05, 3.63) is 101 Å². The van der Waals surface area contributed by atoms with E-state index in [4.69, 9.17) is 4.74 Å². The first kappa shape index (κ1) is 19.6. The number of aryl methyl sites for hydroxylation is 1. The summed E-state index contributed by atoms with van der Waals surface area (Å²) in [6, 6.07) is 24.5. The van der Waals surface area contributed by atoms with Gasteiger partial charge < -0.3 is 10.1 Å². The van der Waals surface area contributed by atoms with Crippen LogP contribution in [-0.4, -0.2) is 11.9 Å². The number of esters is 1. The van der Waals surface area contributed by atoms with Gasteiger partial charge in [0.25, 0.3) is 5.91 Å². The van der Waals surface area contributed by atoms with Gasteiger partial charge in [0.15, 0.2) is 0 Å². The van der Waals surface area contributed by atoms with Gasteiger partial charge in [-0.25, -0.2) is 4.79 Å². The Balaban J connectivity index is 1.66. The van der Waals surface area contributed by atoms with Crippen molar-refractivity contribution in [1.29, 1.82) is 5.26 Å². The average Bonchev–Trinajstić information content (AvgIpc) is 2.74. The molecule has 0 radical (unpaired) electrons. The summed E-state index contributed by atoms with van der Waals surface area (Å²) in [5, 5.41) is 12.0. The van der Waals surface area contributed by atoms with Crippen LogP contribution in [0.15, 0.2) is 84.4 Å². The molecule has 1 N–H and O–H groups in total. The maximum atomic E-state index is 12.3. The second-order valence-electron chi connectivity index (χ2n) is 6.31. The molecule has 0 spiro atoms. The molecule has 3 aromatic carbocycles. The van der Waals surface area contributed by atoms with Crippen LogP contribution in [0, 0.1) is 18.3 Å². The smallest absolute Gasteiger partial charge is 0.354 e. The number of ether oxygens (including phenoxy) is 1. The van der Waals surface area contributed by atoms with Gasteiger partial charge in [-0.15, -0.1) is 0 Å². The third-order valence-electron chi connectivity index (χ3n) is 4.09. The van der Waals surface area contributed by atoms with Crippen molar-refractivity contribution in [1.82, 2.24) is 0 Å². The number of nitrogens with one attached hydrogen (secondary N) is 1. The quantitative estimate of drug-likeness (QED) is 0.299. The maximum absolute atomic E-state index is 12.3. The number of nitrogens with zero attached hydrogens (tertiary/aromatic N) is 1. The van der Waals surface area contributed by atoms with Gasteiger partial charge in [-0.05, 0) is 55.0 Å². The number of hydrogen-bond acceptors (Lipinski definition) is 4. The van der Waals surface area contributed by atoms with E-state index >= 15 is 0 Å². The van der Waals surface area contributed by atoms with Crippen LogP contribution < -0.4 is 10.1 Å². The lowest BCUT2D eigenvalue weighted by Crippen LogP contribution is -2.12. The third-order valence-corrected chi connectivity index (χ3v) is 4.09. The molecular formula is C24H18N2O3. The molecule has 1 amide bonds. The summed E-state index contributed by atoms with van der Waals surface area (Å²) in [5.74, 6) is -0.780. The van der Waals surface area contributed by atoms with E-state index in [-0.39, 0.29) is 17.2 Å². The Bertz CT molecular complexity index is 1080. The summed E-state index contributed by atoms with van der Waals surface area (Å²) >= 11 is 0. The van der Waals surface area contributed by atoms with Crippen LogP contribution in [0.5, 0.6) is 5.75 Å². The lowest BCUT2D eigenvalue weighted by molar-refractivity contribution is -0.129. The van der Waals surface area contributed by atoms with E-state index in [1.54, 1.807) is 24.3 Å². The van der Waals surface area contributed by atoms with E-state index in [0.717, 1.165) is 11.1 Å². The third kappa shape index (κ3) is 5.41. The molecule has 0 fully saturated rings.